The fourth-order valence-electron chi connectivity index (χ4n) is 1.70. The van der Waals surface area contributed by atoms with Gasteiger partial charge in [0.05, 0.1) is 13.2 Å². The Morgan fingerprint density at radius 2 is 2.21 bits per heavy atom. The number of aryl methyl sites for hydroxylation is 1. The lowest BCUT2D eigenvalue weighted by Gasteiger charge is -2.07. The second kappa shape index (κ2) is 6.89. The number of nitrogens with one attached hydrogen (secondary N) is 1. The van der Waals surface area contributed by atoms with Crippen molar-refractivity contribution in [2.24, 2.45) is 0 Å². The Labute approximate surface area is 113 Å². The van der Waals surface area contributed by atoms with Crippen molar-refractivity contribution in [1.82, 2.24) is 15.5 Å². The van der Waals surface area contributed by atoms with E-state index in [4.69, 9.17) is 9.26 Å². The molecule has 5 heteroatoms. The Kier molecular flexibility index (Phi) is 4.92. The standard InChI is InChI=1S/C14H19N3O2/c1-3-7-18-13-6-4-5-12(8-13)9-15-10-14-16-11(2)19-17-14/h4-6,8,15H,3,7,9-10H2,1-2H3. The van der Waals surface area contributed by atoms with E-state index in [1.165, 1.54) is 5.56 Å². The number of hydrogen-bond donors (Lipinski definition) is 1. The molecule has 19 heavy (non-hydrogen) atoms. The lowest BCUT2D eigenvalue weighted by molar-refractivity contribution is 0.317. The average Bonchev–Trinajstić information content (AvgIpc) is 2.83. The summed E-state index contributed by atoms with van der Waals surface area (Å²) in [5, 5.41) is 7.11. The molecule has 0 aliphatic heterocycles. The van der Waals surface area contributed by atoms with Gasteiger partial charge in [0.2, 0.25) is 5.89 Å². The Bertz CT molecular complexity index is 511. The highest BCUT2D eigenvalue weighted by atomic mass is 16.5. The molecule has 0 radical (unpaired) electrons. The molecule has 0 amide bonds. The van der Waals surface area contributed by atoms with Gasteiger partial charge in [0.15, 0.2) is 5.82 Å². The normalized spacial score (nSPS) is 10.6. The van der Waals surface area contributed by atoms with Crippen molar-refractivity contribution in [3.63, 3.8) is 0 Å². The van der Waals surface area contributed by atoms with Crippen LogP contribution < -0.4 is 10.1 Å². The van der Waals surface area contributed by atoms with Gasteiger partial charge in [-0.25, -0.2) is 0 Å². The van der Waals surface area contributed by atoms with E-state index in [0.29, 0.717) is 18.3 Å². The summed E-state index contributed by atoms with van der Waals surface area (Å²) in [7, 11) is 0. The maximum Gasteiger partial charge on any atom is 0.223 e. The lowest BCUT2D eigenvalue weighted by atomic mass is 10.2. The fourth-order valence-corrected chi connectivity index (χ4v) is 1.70. The van der Waals surface area contributed by atoms with Gasteiger partial charge in [-0.15, -0.1) is 0 Å². The molecule has 102 valence electrons. The molecular weight excluding hydrogens is 242 g/mol. The first-order valence-electron chi connectivity index (χ1n) is 6.49. The fraction of sp³-hybridized carbons (Fsp3) is 0.429. The molecule has 0 saturated carbocycles. The molecule has 0 aliphatic carbocycles. The molecule has 1 aromatic carbocycles. The van der Waals surface area contributed by atoms with Crippen LogP contribution in [0.1, 0.15) is 30.6 Å². The van der Waals surface area contributed by atoms with Crippen LogP contribution in [0.25, 0.3) is 0 Å². The van der Waals surface area contributed by atoms with Crippen molar-refractivity contribution in [3.05, 3.63) is 41.5 Å². The monoisotopic (exact) mass is 261 g/mol. The molecule has 0 spiro atoms. The van der Waals surface area contributed by atoms with E-state index in [0.717, 1.165) is 25.3 Å². The van der Waals surface area contributed by atoms with Crippen molar-refractivity contribution >= 4 is 0 Å². The minimum Gasteiger partial charge on any atom is -0.494 e. The number of rotatable bonds is 7. The summed E-state index contributed by atoms with van der Waals surface area (Å²) in [6.45, 7) is 5.97. The maximum absolute atomic E-state index is 5.60. The topological polar surface area (TPSA) is 60.2 Å². The number of benzene rings is 1. The summed E-state index contributed by atoms with van der Waals surface area (Å²) in [4.78, 5) is 4.13. The predicted octanol–water partition coefficient (Wildman–Crippen LogP) is 2.46. The molecule has 1 heterocycles. The van der Waals surface area contributed by atoms with E-state index in [-0.39, 0.29) is 0 Å². The third-order valence-electron chi connectivity index (χ3n) is 2.55. The number of nitrogens with zero attached hydrogens (tertiary/aromatic N) is 2. The van der Waals surface area contributed by atoms with Crippen molar-refractivity contribution in [1.29, 1.82) is 0 Å². The molecule has 0 atom stereocenters. The van der Waals surface area contributed by atoms with Crippen LogP contribution in [0.3, 0.4) is 0 Å². The zero-order chi connectivity index (χ0) is 13.5. The molecule has 0 saturated heterocycles. The summed E-state index contributed by atoms with van der Waals surface area (Å²) < 4.78 is 10.5. The number of aromatic nitrogens is 2. The first-order chi connectivity index (χ1) is 9.28. The Morgan fingerprint density at radius 1 is 1.32 bits per heavy atom. The van der Waals surface area contributed by atoms with Crippen LogP contribution in [0.15, 0.2) is 28.8 Å². The highest BCUT2D eigenvalue weighted by Gasteiger charge is 2.02. The molecule has 0 bridgehead atoms. The van der Waals surface area contributed by atoms with Gasteiger partial charge >= 0.3 is 0 Å². The van der Waals surface area contributed by atoms with E-state index in [1.54, 1.807) is 6.92 Å². The van der Waals surface area contributed by atoms with Crippen LogP contribution in [0.5, 0.6) is 5.75 Å². The molecule has 1 N–H and O–H groups in total. The zero-order valence-electron chi connectivity index (χ0n) is 11.3. The van der Waals surface area contributed by atoms with Crippen molar-refractivity contribution in [2.45, 2.75) is 33.4 Å². The molecule has 0 fully saturated rings. The van der Waals surface area contributed by atoms with E-state index in [1.807, 2.05) is 18.2 Å². The average molecular weight is 261 g/mol. The van der Waals surface area contributed by atoms with Crippen LogP contribution >= 0.6 is 0 Å². The van der Waals surface area contributed by atoms with Gasteiger partial charge in [-0.2, -0.15) is 4.98 Å². The van der Waals surface area contributed by atoms with Crippen LogP contribution in [0.2, 0.25) is 0 Å². The van der Waals surface area contributed by atoms with E-state index >= 15 is 0 Å². The van der Waals surface area contributed by atoms with Crippen LogP contribution in [-0.4, -0.2) is 16.7 Å². The minimum absolute atomic E-state index is 0.590. The molecule has 1 aromatic heterocycles. The van der Waals surface area contributed by atoms with Crippen LogP contribution in [0, 0.1) is 6.92 Å². The van der Waals surface area contributed by atoms with Crippen molar-refractivity contribution < 1.29 is 9.26 Å². The second-order valence-corrected chi connectivity index (χ2v) is 4.33. The van der Waals surface area contributed by atoms with E-state index < -0.39 is 0 Å². The van der Waals surface area contributed by atoms with Gasteiger partial charge < -0.3 is 14.6 Å². The molecule has 0 aliphatic rings. The second-order valence-electron chi connectivity index (χ2n) is 4.33. The summed E-state index contributed by atoms with van der Waals surface area (Å²) in [5.74, 6) is 2.18. The first-order valence-corrected chi connectivity index (χ1v) is 6.49. The van der Waals surface area contributed by atoms with Crippen molar-refractivity contribution in [3.8, 4) is 5.75 Å². The molecule has 2 rings (SSSR count). The van der Waals surface area contributed by atoms with Crippen LogP contribution in [-0.2, 0) is 13.1 Å². The maximum atomic E-state index is 5.60. The largest absolute Gasteiger partial charge is 0.494 e. The molecule has 5 nitrogen and oxygen atoms in total. The summed E-state index contributed by atoms with van der Waals surface area (Å²) in [6, 6.07) is 8.08. The van der Waals surface area contributed by atoms with E-state index in [2.05, 4.69) is 28.4 Å². The summed E-state index contributed by atoms with van der Waals surface area (Å²) >= 11 is 0. The Hall–Kier alpha value is -1.88. The van der Waals surface area contributed by atoms with E-state index in [9.17, 15) is 0 Å². The Morgan fingerprint density at radius 3 is 2.95 bits per heavy atom. The smallest absolute Gasteiger partial charge is 0.223 e. The SMILES string of the molecule is CCCOc1cccc(CNCc2noc(C)n2)c1. The third kappa shape index (κ3) is 4.37. The van der Waals surface area contributed by atoms with Gasteiger partial charge in [0.1, 0.15) is 5.75 Å². The highest BCUT2D eigenvalue weighted by Crippen LogP contribution is 2.13. The van der Waals surface area contributed by atoms with Gasteiger partial charge in [0, 0.05) is 13.5 Å². The Balaban J connectivity index is 1.82. The number of hydrogen-bond acceptors (Lipinski definition) is 5. The quantitative estimate of drug-likeness (QED) is 0.829. The zero-order valence-corrected chi connectivity index (χ0v) is 11.3. The highest BCUT2D eigenvalue weighted by molar-refractivity contribution is 5.28. The van der Waals surface area contributed by atoms with Gasteiger partial charge in [0.25, 0.3) is 0 Å². The predicted molar refractivity (Wildman–Crippen MR) is 71.8 cm³/mol. The molecular formula is C14H19N3O2. The van der Waals surface area contributed by atoms with Gasteiger partial charge in [-0.05, 0) is 24.1 Å². The first kappa shape index (κ1) is 13.5. The summed E-state index contributed by atoms with van der Waals surface area (Å²) in [5.41, 5.74) is 1.17. The van der Waals surface area contributed by atoms with Gasteiger partial charge in [-0.3, -0.25) is 0 Å². The third-order valence-corrected chi connectivity index (χ3v) is 2.55. The minimum atomic E-state index is 0.590. The summed E-state index contributed by atoms with van der Waals surface area (Å²) in [6.07, 6.45) is 1.01. The van der Waals surface area contributed by atoms with Crippen LogP contribution in [0.4, 0.5) is 0 Å². The van der Waals surface area contributed by atoms with Gasteiger partial charge in [-0.1, -0.05) is 24.2 Å². The molecule has 0 unspecified atom stereocenters. The van der Waals surface area contributed by atoms with Crippen molar-refractivity contribution in [2.75, 3.05) is 6.61 Å². The lowest BCUT2D eigenvalue weighted by Crippen LogP contribution is -2.13. The number of ether oxygens (including phenoxy) is 1. The molecule has 2 aromatic rings.